The summed E-state index contributed by atoms with van der Waals surface area (Å²) in [6.45, 7) is 3.90. The molecule has 0 aromatic rings. The van der Waals surface area contributed by atoms with E-state index in [-0.39, 0.29) is 19.6 Å². The largest absolute Gasteiger partial charge is 0.457 e. The van der Waals surface area contributed by atoms with Crippen LogP contribution in [0.5, 0.6) is 0 Å². The van der Waals surface area contributed by atoms with Crippen LogP contribution in [0.3, 0.4) is 0 Å². The molecule has 0 aromatic carbocycles. The Labute approximate surface area is 433 Å². The van der Waals surface area contributed by atoms with Crippen molar-refractivity contribution in [1.82, 2.24) is 0 Å². The van der Waals surface area contributed by atoms with Gasteiger partial charge in [-0.05, 0) is 57.8 Å². The molecular weight excluding hydrogens is 921 g/mol. The first-order chi connectivity index (χ1) is 34.6. The Bertz CT molecular complexity index is 1460. The zero-order chi connectivity index (χ0) is 51.7. The van der Waals surface area contributed by atoms with Crippen molar-refractivity contribution in [2.24, 2.45) is 0 Å². The lowest BCUT2D eigenvalue weighted by Gasteiger charge is -2.41. The van der Waals surface area contributed by atoms with Crippen molar-refractivity contribution in [3.8, 4) is 0 Å². The summed E-state index contributed by atoms with van der Waals surface area (Å²) in [6.07, 6.45) is 53.9. The highest BCUT2D eigenvalue weighted by Crippen LogP contribution is 2.26. The van der Waals surface area contributed by atoms with Gasteiger partial charge in [-0.25, -0.2) is 4.18 Å². The van der Waals surface area contributed by atoms with Crippen molar-refractivity contribution in [2.75, 3.05) is 26.4 Å². The number of aliphatic hydroxyl groups excluding tert-OH is 3. The number of aliphatic hydroxyl groups is 3. The predicted molar refractivity (Wildman–Crippen MR) is 289 cm³/mol. The summed E-state index contributed by atoms with van der Waals surface area (Å²) in [4.78, 5) is 13.0. The molecule has 1 aliphatic heterocycles. The van der Waals surface area contributed by atoms with Gasteiger partial charge >= 0.3 is 16.4 Å². The first-order valence-electron chi connectivity index (χ1n) is 28.5. The SMILES string of the molecule is CC/C=C\C/C=C\C/C=C\C/C=C\C/C=C\CCCCCCCCCCOCC(COC1OC(CO)C(O)C(OS(=O)(=O)O)C1O)OC(=O)CCCCCCCCCCCCCCCCCCCCCC. The number of unbranched alkanes of at least 4 members (excludes halogenated alkanes) is 27. The maximum absolute atomic E-state index is 13.0. The third-order valence-corrected chi connectivity index (χ3v) is 13.4. The summed E-state index contributed by atoms with van der Waals surface area (Å²) in [5.74, 6) is -0.399. The molecule has 0 amide bonds. The number of allylic oxidation sites excluding steroid dienone is 10. The predicted octanol–water partition coefficient (Wildman–Crippen LogP) is 14.0. The van der Waals surface area contributed by atoms with E-state index < -0.39 is 59.8 Å². The summed E-state index contributed by atoms with van der Waals surface area (Å²) < 4.78 is 59.4. The lowest BCUT2D eigenvalue weighted by atomic mass is 9.99. The van der Waals surface area contributed by atoms with Gasteiger partial charge in [0.15, 0.2) is 6.29 Å². The van der Waals surface area contributed by atoms with Crippen LogP contribution in [0.4, 0.5) is 0 Å². The van der Waals surface area contributed by atoms with E-state index in [1.807, 2.05) is 0 Å². The first kappa shape index (κ1) is 66.8. The van der Waals surface area contributed by atoms with E-state index in [1.165, 1.54) is 135 Å². The summed E-state index contributed by atoms with van der Waals surface area (Å²) in [5, 5.41) is 30.8. The van der Waals surface area contributed by atoms with Gasteiger partial charge in [0.2, 0.25) is 0 Å². The first-order valence-corrected chi connectivity index (χ1v) is 29.9. The Balaban J connectivity index is 2.31. The number of ether oxygens (including phenoxy) is 4. The molecule has 4 N–H and O–H groups in total. The van der Waals surface area contributed by atoms with Crippen molar-refractivity contribution in [3.63, 3.8) is 0 Å². The molecule has 6 unspecified atom stereocenters. The molecule has 1 aliphatic rings. The average Bonchev–Trinajstić information content (AvgIpc) is 3.35. The van der Waals surface area contributed by atoms with E-state index in [1.54, 1.807) is 0 Å². The number of hydrogen-bond donors (Lipinski definition) is 4. The van der Waals surface area contributed by atoms with Crippen molar-refractivity contribution in [1.29, 1.82) is 0 Å². The quantitative estimate of drug-likeness (QED) is 0.0196. The Morgan fingerprint density at radius 2 is 0.972 bits per heavy atom. The zero-order valence-electron chi connectivity index (χ0n) is 44.8. The second-order valence-electron chi connectivity index (χ2n) is 19.5. The molecule has 0 spiro atoms. The van der Waals surface area contributed by atoms with Gasteiger partial charge in [0.25, 0.3) is 0 Å². The number of carbonyl (C=O) groups is 1. The molecule has 13 heteroatoms. The molecule has 6 atom stereocenters. The van der Waals surface area contributed by atoms with Gasteiger partial charge in [-0.3, -0.25) is 9.35 Å². The van der Waals surface area contributed by atoms with Gasteiger partial charge in [-0.1, -0.05) is 235 Å². The minimum Gasteiger partial charge on any atom is -0.457 e. The van der Waals surface area contributed by atoms with Gasteiger partial charge in [0.05, 0.1) is 19.8 Å². The van der Waals surface area contributed by atoms with Gasteiger partial charge in [-0.2, -0.15) is 8.42 Å². The lowest BCUT2D eigenvalue weighted by Crippen LogP contribution is -2.60. The van der Waals surface area contributed by atoms with Gasteiger partial charge in [0, 0.05) is 13.0 Å². The Morgan fingerprint density at radius 1 is 0.549 bits per heavy atom. The molecule has 1 saturated heterocycles. The van der Waals surface area contributed by atoms with E-state index >= 15 is 0 Å². The van der Waals surface area contributed by atoms with E-state index in [9.17, 15) is 33.1 Å². The van der Waals surface area contributed by atoms with E-state index in [0.29, 0.717) is 13.0 Å². The molecule has 0 aromatic heterocycles. The summed E-state index contributed by atoms with van der Waals surface area (Å²) in [6, 6.07) is 0. The molecule has 1 heterocycles. The van der Waals surface area contributed by atoms with Crippen LogP contribution in [0.2, 0.25) is 0 Å². The molecule has 1 rings (SSSR count). The molecule has 0 saturated carbocycles. The highest BCUT2D eigenvalue weighted by atomic mass is 32.3. The second kappa shape index (κ2) is 48.7. The monoisotopic (exact) mass is 1020 g/mol. The molecule has 414 valence electrons. The Kier molecular flexibility index (Phi) is 45.9. The highest BCUT2D eigenvalue weighted by molar-refractivity contribution is 7.80. The topological polar surface area (TPSA) is 178 Å². The second-order valence-corrected chi connectivity index (χ2v) is 20.6. The fourth-order valence-electron chi connectivity index (χ4n) is 8.64. The fraction of sp³-hybridized carbons (Fsp3) is 0.810. The number of esters is 1. The van der Waals surface area contributed by atoms with E-state index in [2.05, 4.69) is 78.8 Å². The van der Waals surface area contributed by atoms with Crippen LogP contribution in [0, 0.1) is 0 Å². The van der Waals surface area contributed by atoms with Crippen molar-refractivity contribution >= 4 is 16.4 Å². The highest BCUT2D eigenvalue weighted by Gasteiger charge is 2.48. The standard InChI is InChI=1S/C58H104O12S/c1-3-5-7-9-11-13-15-17-19-21-23-25-26-27-28-30-32-34-36-38-40-42-44-46-48-66-50-52(51-67-58-56(62)57(70-71(63,64)65)55(61)53(49-59)69-58)68-54(60)47-45-43-41-39-37-35-33-31-29-24-22-20-18-16-14-12-10-8-6-4-2/h5,7,11,13,17,19,23,25,27-28,52-53,55-59,61-62H,3-4,6,8-10,12,14-16,18,20-22,24,26,29-51H2,1-2H3,(H,63,64,65)/b7-5-,13-11-,19-17-,25-23-,28-27-. The van der Waals surface area contributed by atoms with Gasteiger partial charge < -0.3 is 34.3 Å². The number of carbonyl (C=O) groups excluding carboxylic acids is 1. The van der Waals surface area contributed by atoms with Crippen molar-refractivity contribution in [2.45, 2.75) is 275 Å². The average molecular weight is 1030 g/mol. The van der Waals surface area contributed by atoms with Gasteiger partial charge in [-0.15, -0.1) is 0 Å². The minimum absolute atomic E-state index is 0.0305. The normalized spacial score (nSPS) is 19.4. The van der Waals surface area contributed by atoms with Crippen LogP contribution >= 0.6 is 0 Å². The fourth-order valence-corrected chi connectivity index (χ4v) is 9.15. The van der Waals surface area contributed by atoms with Crippen LogP contribution in [0.15, 0.2) is 60.8 Å². The van der Waals surface area contributed by atoms with Crippen LogP contribution in [0.1, 0.15) is 239 Å². The maximum atomic E-state index is 13.0. The van der Waals surface area contributed by atoms with E-state index in [4.69, 9.17) is 18.9 Å². The molecule has 0 aliphatic carbocycles. The van der Waals surface area contributed by atoms with Crippen LogP contribution < -0.4 is 0 Å². The van der Waals surface area contributed by atoms with E-state index in [0.717, 1.165) is 77.0 Å². The summed E-state index contributed by atoms with van der Waals surface area (Å²) in [5.41, 5.74) is 0. The molecule has 1 fully saturated rings. The van der Waals surface area contributed by atoms with Gasteiger partial charge in [0.1, 0.15) is 30.5 Å². The maximum Gasteiger partial charge on any atom is 0.397 e. The third kappa shape index (κ3) is 41.8. The van der Waals surface area contributed by atoms with Crippen LogP contribution in [-0.4, -0.2) is 97.5 Å². The summed E-state index contributed by atoms with van der Waals surface area (Å²) in [7, 11) is -5.07. The number of rotatable bonds is 50. The minimum atomic E-state index is -5.07. The van der Waals surface area contributed by atoms with Crippen molar-refractivity contribution in [3.05, 3.63) is 60.8 Å². The van der Waals surface area contributed by atoms with Crippen molar-refractivity contribution < 1.29 is 56.2 Å². The van der Waals surface area contributed by atoms with Crippen LogP contribution in [0.25, 0.3) is 0 Å². The number of hydrogen-bond acceptors (Lipinski definition) is 11. The molecule has 71 heavy (non-hydrogen) atoms. The summed E-state index contributed by atoms with van der Waals surface area (Å²) >= 11 is 0. The molecular formula is C58H104O12S. The zero-order valence-corrected chi connectivity index (χ0v) is 45.6. The molecule has 0 radical (unpaired) electrons. The molecule has 0 bridgehead atoms. The lowest BCUT2D eigenvalue weighted by molar-refractivity contribution is -0.301. The van der Waals surface area contributed by atoms with Crippen LogP contribution in [-0.2, 0) is 38.3 Å². The smallest absolute Gasteiger partial charge is 0.397 e. The molecule has 12 nitrogen and oxygen atoms in total. The Morgan fingerprint density at radius 3 is 1.42 bits per heavy atom. The Hall–Kier alpha value is -2.20. The third-order valence-electron chi connectivity index (χ3n) is 12.9.